The van der Waals surface area contributed by atoms with Crippen LogP contribution in [0.3, 0.4) is 0 Å². The third-order valence-corrected chi connectivity index (χ3v) is 4.22. The number of piperidine rings is 1. The van der Waals surface area contributed by atoms with Gasteiger partial charge in [0.15, 0.2) is 0 Å². The van der Waals surface area contributed by atoms with E-state index < -0.39 is 11.9 Å². The Morgan fingerprint density at radius 1 is 1.35 bits per heavy atom. The molecule has 3 unspecified atom stereocenters. The van der Waals surface area contributed by atoms with Crippen LogP contribution < -0.4 is 5.32 Å². The highest BCUT2D eigenvalue weighted by Gasteiger charge is 2.30. The molecule has 0 aromatic heterocycles. The minimum Gasteiger partial charge on any atom is -0.481 e. The topological polar surface area (TPSA) is 69.6 Å². The molecule has 1 aliphatic carbocycles. The molecule has 1 aliphatic heterocycles. The summed E-state index contributed by atoms with van der Waals surface area (Å²) in [7, 11) is 0. The summed E-state index contributed by atoms with van der Waals surface area (Å²) >= 11 is 0. The van der Waals surface area contributed by atoms with E-state index in [1.54, 1.807) is 12.2 Å². The van der Waals surface area contributed by atoms with E-state index in [9.17, 15) is 9.59 Å². The van der Waals surface area contributed by atoms with Crippen molar-refractivity contribution in [2.75, 3.05) is 6.54 Å². The average Bonchev–Trinajstić information content (AvgIpc) is 2.88. The van der Waals surface area contributed by atoms with Crippen molar-refractivity contribution >= 4 is 12.0 Å². The van der Waals surface area contributed by atoms with Gasteiger partial charge in [0.2, 0.25) is 0 Å². The molecule has 0 spiro atoms. The van der Waals surface area contributed by atoms with Crippen molar-refractivity contribution in [1.29, 1.82) is 0 Å². The Labute approximate surface area is 120 Å². The number of nitrogens with one attached hydrogen (secondary N) is 1. The molecule has 1 heterocycles. The van der Waals surface area contributed by atoms with Gasteiger partial charge in [0.1, 0.15) is 0 Å². The molecule has 20 heavy (non-hydrogen) atoms. The van der Waals surface area contributed by atoms with Gasteiger partial charge < -0.3 is 15.3 Å². The maximum atomic E-state index is 12.3. The number of rotatable bonds is 4. The van der Waals surface area contributed by atoms with Crippen molar-refractivity contribution in [2.45, 2.75) is 57.5 Å². The van der Waals surface area contributed by atoms with E-state index in [1.165, 1.54) is 6.42 Å². The summed E-state index contributed by atoms with van der Waals surface area (Å²) in [6.07, 6.45) is 9.41. The first-order valence-corrected chi connectivity index (χ1v) is 7.60. The molecule has 3 atom stereocenters. The Morgan fingerprint density at radius 2 is 2.15 bits per heavy atom. The summed E-state index contributed by atoms with van der Waals surface area (Å²) in [6, 6.07) is 0.158. The normalized spacial score (nSPS) is 29.4. The zero-order valence-electron chi connectivity index (χ0n) is 12.0. The van der Waals surface area contributed by atoms with Gasteiger partial charge in [-0.15, -0.1) is 0 Å². The first kappa shape index (κ1) is 14.9. The number of hydrogen-bond acceptors (Lipinski definition) is 2. The smallest absolute Gasteiger partial charge is 0.318 e. The van der Waals surface area contributed by atoms with Gasteiger partial charge in [-0.2, -0.15) is 0 Å². The third-order valence-electron chi connectivity index (χ3n) is 4.22. The Morgan fingerprint density at radius 3 is 2.80 bits per heavy atom. The largest absolute Gasteiger partial charge is 0.481 e. The molecule has 2 rings (SSSR count). The molecule has 0 aromatic rings. The van der Waals surface area contributed by atoms with Gasteiger partial charge in [0, 0.05) is 12.6 Å². The molecule has 2 N–H and O–H groups in total. The van der Waals surface area contributed by atoms with Crippen LogP contribution in [0.5, 0.6) is 0 Å². The molecule has 112 valence electrons. The summed E-state index contributed by atoms with van der Waals surface area (Å²) < 4.78 is 0. The van der Waals surface area contributed by atoms with E-state index in [2.05, 4.69) is 12.2 Å². The van der Waals surface area contributed by atoms with Crippen LogP contribution in [-0.2, 0) is 4.79 Å². The minimum atomic E-state index is -0.820. The summed E-state index contributed by atoms with van der Waals surface area (Å²) in [4.78, 5) is 25.2. The Balaban J connectivity index is 1.87. The summed E-state index contributed by atoms with van der Waals surface area (Å²) in [6.45, 7) is 2.96. The van der Waals surface area contributed by atoms with E-state index in [4.69, 9.17) is 5.11 Å². The zero-order chi connectivity index (χ0) is 14.5. The number of nitrogens with zero attached hydrogens (tertiary/aromatic N) is 1. The number of urea groups is 1. The standard InChI is InChI=1S/C15H24N2O3/c1-2-5-13-6-3-4-9-17(13)15(20)16-12-8-7-11(10-12)14(18)19/h7-8,11-13H,2-6,9-10H2,1H3,(H,16,20)(H,18,19). The van der Waals surface area contributed by atoms with Crippen LogP contribution in [0.4, 0.5) is 4.79 Å². The molecule has 2 aliphatic rings. The summed E-state index contributed by atoms with van der Waals surface area (Å²) in [5, 5.41) is 11.9. The minimum absolute atomic E-state index is 0.0381. The number of likely N-dealkylation sites (tertiary alicyclic amines) is 1. The second kappa shape index (κ2) is 6.77. The van der Waals surface area contributed by atoms with Crippen molar-refractivity contribution in [3.63, 3.8) is 0 Å². The predicted octanol–water partition coefficient (Wildman–Crippen LogP) is 2.38. The lowest BCUT2D eigenvalue weighted by Gasteiger charge is -2.36. The molecule has 0 radical (unpaired) electrons. The highest BCUT2D eigenvalue weighted by Crippen LogP contribution is 2.22. The third kappa shape index (κ3) is 3.52. The summed E-state index contributed by atoms with van der Waals surface area (Å²) in [5.74, 6) is -1.28. The van der Waals surface area contributed by atoms with Crippen molar-refractivity contribution in [3.8, 4) is 0 Å². The molecule has 5 heteroatoms. The van der Waals surface area contributed by atoms with Crippen LogP contribution >= 0.6 is 0 Å². The van der Waals surface area contributed by atoms with Crippen molar-refractivity contribution < 1.29 is 14.7 Å². The summed E-state index contributed by atoms with van der Waals surface area (Å²) in [5.41, 5.74) is 0. The maximum Gasteiger partial charge on any atom is 0.318 e. The fraction of sp³-hybridized carbons (Fsp3) is 0.733. The molecule has 5 nitrogen and oxygen atoms in total. The number of carbonyl (C=O) groups is 2. The average molecular weight is 280 g/mol. The van der Waals surface area contributed by atoms with E-state index in [-0.39, 0.29) is 12.1 Å². The number of hydrogen-bond donors (Lipinski definition) is 2. The molecule has 1 fully saturated rings. The number of carbonyl (C=O) groups excluding carboxylic acids is 1. The second-order valence-electron chi connectivity index (χ2n) is 5.75. The van der Waals surface area contributed by atoms with Crippen molar-refractivity contribution in [3.05, 3.63) is 12.2 Å². The Bertz CT molecular complexity index is 393. The van der Waals surface area contributed by atoms with Crippen LogP contribution in [0.15, 0.2) is 12.2 Å². The number of carboxylic acids is 1. The first-order chi connectivity index (χ1) is 9.61. The van der Waals surface area contributed by atoms with Crippen LogP contribution in [0.2, 0.25) is 0 Å². The van der Waals surface area contributed by atoms with E-state index >= 15 is 0 Å². The molecular weight excluding hydrogens is 256 g/mol. The monoisotopic (exact) mass is 280 g/mol. The van der Waals surface area contributed by atoms with Crippen molar-refractivity contribution in [2.24, 2.45) is 5.92 Å². The molecule has 0 aromatic carbocycles. The highest BCUT2D eigenvalue weighted by atomic mass is 16.4. The second-order valence-corrected chi connectivity index (χ2v) is 5.75. The Hall–Kier alpha value is -1.52. The van der Waals surface area contributed by atoms with Gasteiger partial charge in [-0.3, -0.25) is 4.79 Å². The lowest BCUT2D eigenvalue weighted by Crippen LogP contribution is -2.50. The van der Waals surface area contributed by atoms with Crippen LogP contribution in [0.25, 0.3) is 0 Å². The number of carboxylic acid groups (broad SMARTS) is 1. The first-order valence-electron chi connectivity index (χ1n) is 7.60. The Kier molecular flexibility index (Phi) is 5.04. The quantitative estimate of drug-likeness (QED) is 0.777. The highest BCUT2D eigenvalue weighted by molar-refractivity contribution is 5.76. The van der Waals surface area contributed by atoms with Gasteiger partial charge in [-0.05, 0) is 32.1 Å². The molecule has 2 amide bonds. The van der Waals surface area contributed by atoms with Crippen LogP contribution in [0.1, 0.15) is 45.4 Å². The molecule has 0 saturated carbocycles. The lowest BCUT2D eigenvalue weighted by molar-refractivity contribution is -0.140. The fourth-order valence-electron chi connectivity index (χ4n) is 3.13. The van der Waals surface area contributed by atoms with E-state index in [0.717, 1.165) is 32.2 Å². The SMILES string of the molecule is CCCC1CCCCN1C(=O)NC1C=CC(C(=O)O)C1. The maximum absolute atomic E-state index is 12.3. The predicted molar refractivity (Wildman–Crippen MR) is 76.5 cm³/mol. The van der Waals surface area contributed by atoms with Gasteiger partial charge in [0.05, 0.1) is 12.0 Å². The molecular formula is C15H24N2O3. The van der Waals surface area contributed by atoms with E-state index in [1.807, 2.05) is 4.90 Å². The fourth-order valence-corrected chi connectivity index (χ4v) is 3.13. The number of amides is 2. The molecule has 1 saturated heterocycles. The van der Waals surface area contributed by atoms with Crippen molar-refractivity contribution in [1.82, 2.24) is 10.2 Å². The van der Waals surface area contributed by atoms with Gasteiger partial charge >= 0.3 is 12.0 Å². The van der Waals surface area contributed by atoms with Crippen LogP contribution in [-0.4, -0.2) is 40.6 Å². The lowest BCUT2D eigenvalue weighted by atomic mass is 9.98. The van der Waals surface area contributed by atoms with E-state index in [0.29, 0.717) is 12.5 Å². The van der Waals surface area contributed by atoms with Gasteiger partial charge in [0.25, 0.3) is 0 Å². The van der Waals surface area contributed by atoms with Crippen LogP contribution in [0, 0.1) is 5.92 Å². The number of aliphatic carboxylic acids is 1. The zero-order valence-corrected chi connectivity index (χ0v) is 12.0. The van der Waals surface area contributed by atoms with Gasteiger partial charge in [-0.25, -0.2) is 4.79 Å². The molecule has 0 bridgehead atoms. The van der Waals surface area contributed by atoms with Gasteiger partial charge in [-0.1, -0.05) is 25.5 Å².